The van der Waals surface area contributed by atoms with E-state index >= 15 is 0 Å². The second kappa shape index (κ2) is 5.87. The maximum Gasteiger partial charge on any atom is 0.327 e. The van der Waals surface area contributed by atoms with Gasteiger partial charge in [0.1, 0.15) is 5.82 Å². The molecule has 0 heterocycles. The van der Waals surface area contributed by atoms with Crippen LogP contribution in [-0.2, 0) is 9.59 Å². The molecule has 106 valence electrons. The van der Waals surface area contributed by atoms with E-state index in [0.29, 0.717) is 0 Å². The van der Waals surface area contributed by atoms with E-state index in [4.69, 9.17) is 11.6 Å². The van der Waals surface area contributed by atoms with E-state index in [9.17, 15) is 18.8 Å². The summed E-state index contributed by atoms with van der Waals surface area (Å²) in [5.74, 6) is -3.57. The van der Waals surface area contributed by atoms with Gasteiger partial charge in [-0.2, -0.15) is 0 Å². The molecular formula is C12H11ClFN3O3. The van der Waals surface area contributed by atoms with Crippen LogP contribution in [0.1, 0.15) is 23.2 Å². The van der Waals surface area contributed by atoms with Crippen LogP contribution >= 0.6 is 11.6 Å². The average Bonchev–Trinajstić information content (AvgIpc) is 3.19. The number of carbonyl (C=O) groups excluding carboxylic acids is 3. The average molecular weight is 300 g/mol. The molecule has 2 rings (SSSR count). The molecule has 0 saturated heterocycles. The molecule has 0 spiro atoms. The molecule has 0 bridgehead atoms. The van der Waals surface area contributed by atoms with E-state index in [2.05, 4.69) is 5.32 Å². The van der Waals surface area contributed by atoms with Crippen LogP contribution in [0.2, 0.25) is 5.02 Å². The zero-order valence-electron chi connectivity index (χ0n) is 10.2. The predicted octanol–water partition coefficient (Wildman–Crippen LogP) is 0.519. The van der Waals surface area contributed by atoms with Gasteiger partial charge in [0.25, 0.3) is 5.91 Å². The van der Waals surface area contributed by atoms with Crippen LogP contribution in [0.3, 0.4) is 0 Å². The van der Waals surface area contributed by atoms with Crippen molar-refractivity contribution >= 4 is 29.3 Å². The molecule has 0 aromatic heterocycles. The molecule has 0 atom stereocenters. The Bertz CT molecular complexity index is 575. The molecule has 1 aliphatic carbocycles. The smallest absolute Gasteiger partial charge is 0.327 e. The number of hydrogen-bond acceptors (Lipinski definition) is 3. The molecule has 1 aromatic rings. The van der Waals surface area contributed by atoms with E-state index < -0.39 is 23.5 Å². The fraction of sp³-hybridized carbons (Fsp3) is 0.250. The zero-order chi connectivity index (χ0) is 14.7. The lowest BCUT2D eigenvalue weighted by Crippen LogP contribution is -2.49. The fourth-order valence-corrected chi connectivity index (χ4v) is 1.55. The zero-order valence-corrected chi connectivity index (χ0v) is 11.0. The van der Waals surface area contributed by atoms with Crippen molar-refractivity contribution < 1.29 is 18.8 Å². The van der Waals surface area contributed by atoms with Crippen LogP contribution in [0.5, 0.6) is 0 Å². The molecule has 1 aromatic carbocycles. The molecular weight excluding hydrogens is 289 g/mol. The number of halogens is 2. The molecule has 3 amide bonds. The highest BCUT2D eigenvalue weighted by Crippen LogP contribution is 2.18. The van der Waals surface area contributed by atoms with Gasteiger partial charge in [0.15, 0.2) is 0 Å². The van der Waals surface area contributed by atoms with E-state index in [1.54, 1.807) is 0 Å². The summed E-state index contributed by atoms with van der Waals surface area (Å²) >= 11 is 5.55. The number of rotatable bonds is 2. The monoisotopic (exact) mass is 299 g/mol. The van der Waals surface area contributed by atoms with Crippen molar-refractivity contribution in [2.75, 3.05) is 0 Å². The van der Waals surface area contributed by atoms with Gasteiger partial charge in [-0.05, 0) is 31.0 Å². The molecule has 6 nitrogen and oxygen atoms in total. The van der Waals surface area contributed by atoms with E-state index in [0.717, 1.165) is 18.9 Å². The van der Waals surface area contributed by atoms with E-state index in [1.807, 2.05) is 10.9 Å². The summed E-state index contributed by atoms with van der Waals surface area (Å²) in [4.78, 5) is 34.2. The fourth-order valence-electron chi connectivity index (χ4n) is 1.39. The molecule has 1 saturated carbocycles. The van der Waals surface area contributed by atoms with Crippen LogP contribution in [0, 0.1) is 5.82 Å². The summed E-state index contributed by atoms with van der Waals surface area (Å²) in [5.41, 5.74) is 3.56. The summed E-state index contributed by atoms with van der Waals surface area (Å²) in [5, 5.41) is 2.59. The van der Waals surface area contributed by atoms with Crippen molar-refractivity contribution in [1.82, 2.24) is 16.2 Å². The Balaban J connectivity index is 1.87. The molecule has 20 heavy (non-hydrogen) atoms. The van der Waals surface area contributed by atoms with Crippen LogP contribution in [0.15, 0.2) is 18.2 Å². The molecule has 0 radical (unpaired) electrons. The number of hydrazine groups is 1. The highest BCUT2D eigenvalue weighted by Gasteiger charge is 2.26. The number of nitrogens with one attached hydrogen (secondary N) is 3. The third-order valence-corrected chi connectivity index (χ3v) is 2.82. The molecule has 8 heteroatoms. The second-order valence-corrected chi connectivity index (χ2v) is 4.72. The Kier molecular flexibility index (Phi) is 4.19. The summed E-state index contributed by atoms with van der Waals surface area (Å²) in [6.45, 7) is 0. The van der Waals surface area contributed by atoms with Crippen molar-refractivity contribution in [2.45, 2.75) is 18.9 Å². The summed E-state index contributed by atoms with van der Waals surface area (Å²) in [6.07, 6.45) is 1.67. The minimum Gasteiger partial charge on any atom is -0.345 e. The standard InChI is InChI=1S/C12H11ClFN3O3/c13-6-1-4-8(9(14)5-6)10(18)16-17-12(20)11(19)15-7-2-3-7/h1,4-5,7H,2-3H2,(H,15,19)(H,16,18)(H,17,20). The first-order valence-corrected chi connectivity index (χ1v) is 6.21. The lowest BCUT2D eigenvalue weighted by atomic mass is 10.2. The maximum absolute atomic E-state index is 13.4. The SMILES string of the molecule is O=C(NNC(=O)c1ccc(Cl)cc1F)C(=O)NC1CC1. The normalized spacial score (nSPS) is 13.5. The third kappa shape index (κ3) is 3.67. The van der Waals surface area contributed by atoms with Crippen molar-refractivity contribution in [3.8, 4) is 0 Å². The highest BCUT2D eigenvalue weighted by molar-refractivity contribution is 6.35. The summed E-state index contributed by atoms with van der Waals surface area (Å²) in [6, 6.07) is 3.50. The molecule has 3 N–H and O–H groups in total. The van der Waals surface area contributed by atoms with Gasteiger partial charge in [0, 0.05) is 11.1 Å². The first kappa shape index (κ1) is 14.3. The molecule has 0 unspecified atom stereocenters. The molecule has 0 aliphatic heterocycles. The second-order valence-electron chi connectivity index (χ2n) is 4.28. The number of amides is 3. The Morgan fingerprint density at radius 3 is 2.45 bits per heavy atom. The van der Waals surface area contributed by atoms with Crippen LogP contribution in [0.25, 0.3) is 0 Å². The van der Waals surface area contributed by atoms with Gasteiger partial charge >= 0.3 is 11.8 Å². The van der Waals surface area contributed by atoms with Crippen molar-refractivity contribution in [3.63, 3.8) is 0 Å². The lowest BCUT2D eigenvalue weighted by Gasteiger charge is -2.08. The summed E-state index contributed by atoms with van der Waals surface area (Å²) in [7, 11) is 0. The Morgan fingerprint density at radius 1 is 1.15 bits per heavy atom. The van der Waals surface area contributed by atoms with E-state index in [1.165, 1.54) is 12.1 Å². The van der Waals surface area contributed by atoms with Gasteiger partial charge in [0.2, 0.25) is 0 Å². The number of hydrogen-bond donors (Lipinski definition) is 3. The van der Waals surface area contributed by atoms with Gasteiger partial charge in [0.05, 0.1) is 5.56 Å². The van der Waals surface area contributed by atoms with Crippen molar-refractivity contribution in [3.05, 3.63) is 34.6 Å². The predicted molar refractivity (Wildman–Crippen MR) is 68.2 cm³/mol. The van der Waals surface area contributed by atoms with Crippen LogP contribution in [-0.4, -0.2) is 23.8 Å². The van der Waals surface area contributed by atoms with Crippen LogP contribution in [0.4, 0.5) is 4.39 Å². The van der Waals surface area contributed by atoms with Crippen molar-refractivity contribution in [2.24, 2.45) is 0 Å². The van der Waals surface area contributed by atoms with Gasteiger partial charge in [-0.15, -0.1) is 0 Å². The number of benzene rings is 1. The van der Waals surface area contributed by atoms with Crippen molar-refractivity contribution in [1.29, 1.82) is 0 Å². The van der Waals surface area contributed by atoms with Crippen LogP contribution < -0.4 is 16.2 Å². The third-order valence-electron chi connectivity index (χ3n) is 2.58. The Morgan fingerprint density at radius 2 is 1.85 bits per heavy atom. The van der Waals surface area contributed by atoms with Gasteiger partial charge < -0.3 is 5.32 Å². The minimum absolute atomic E-state index is 0.0256. The quantitative estimate of drug-likeness (QED) is 0.549. The topological polar surface area (TPSA) is 87.3 Å². The van der Waals surface area contributed by atoms with Gasteiger partial charge in [-0.3, -0.25) is 25.2 Å². The highest BCUT2D eigenvalue weighted by atomic mass is 35.5. The Labute approximate surface area is 118 Å². The maximum atomic E-state index is 13.4. The first-order chi connectivity index (χ1) is 9.47. The Hall–Kier alpha value is -2.15. The van der Waals surface area contributed by atoms with Gasteiger partial charge in [-0.25, -0.2) is 4.39 Å². The lowest BCUT2D eigenvalue weighted by molar-refractivity contribution is -0.139. The minimum atomic E-state index is -1.01. The largest absolute Gasteiger partial charge is 0.345 e. The number of carbonyl (C=O) groups is 3. The van der Waals surface area contributed by atoms with Gasteiger partial charge in [-0.1, -0.05) is 11.6 Å². The van der Waals surface area contributed by atoms with E-state index in [-0.39, 0.29) is 16.6 Å². The molecule has 1 fully saturated rings. The molecule has 1 aliphatic rings. The summed E-state index contributed by atoms with van der Waals surface area (Å²) < 4.78 is 13.4. The first-order valence-electron chi connectivity index (χ1n) is 5.83.